The maximum Gasteiger partial charge on any atom is 0.315 e. The molecular weight excluding hydrogens is 372 g/mol. The fraction of sp³-hybridized carbons (Fsp3) is 0.286. The van der Waals surface area contributed by atoms with Crippen LogP contribution < -0.4 is 20.7 Å². The summed E-state index contributed by atoms with van der Waals surface area (Å²) in [7, 11) is 1.56. The number of methoxy groups -OCH3 is 1. The molecule has 0 atom stereocenters. The van der Waals surface area contributed by atoms with E-state index in [1.165, 1.54) is 4.90 Å². The van der Waals surface area contributed by atoms with Gasteiger partial charge in [0, 0.05) is 18.8 Å². The fourth-order valence-corrected chi connectivity index (χ4v) is 2.53. The number of carbonyl (C=O) groups is 3. The number of rotatable bonds is 9. The van der Waals surface area contributed by atoms with Gasteiger partial charge in [0.25, 0.3) is 0 Å². The molecule has 29 heavy (non-hydrogen) atoms. The number of hydrogen-bond acceptors (Lipinski definition) is 4. The number of hydrogen-bond donors (Lipinski definition) is 3. The highest BCUT2D eigenvalue weighted by Crippen LogP contribution is 2.14. The van der Waals surface area contributed by atoms with Gasteiger partial charge in [-0.05, 0) is 36.8 Å². The SMILES string of the molecule is CCN(CC(=O)Nc1ccc(OC)cc1)C(=O)CNC(=O)NCc1ccccc1. The van der Waals surface area contributed by atoms with E-state index in [0.717, 1.165) is 5.56 Å². The minimum atomic E-state index is -0.444. The molecule has 4 amide bonds. The predicted octanol–water partition coefficient (Wildman–Crippen LogP) is 1.98. The Morgan fingerprint density at radius 2 is 1.66 bits per heavy atom. The van der Waals surface area contributed by atoms with E-state index < -0.39 is 6.03 Å². The van der Waals surface area contributed by atoms with Crippen LogP contribution in [-0.4, -0.2) is 49.5 Å². The summed E-state index contributed by atoms with van der Waals surface area (Å²) >= 11 is 0. The van der Waals surface area contributed by atoms with Crippen LogP contribution >= 0.6 is 0 Å². The summed E-state index contributed by atoms with van der Waals surface area (Å²) in [5.74, 6) is 0.0242. The van der Waals surface area contributed by atoms with Crippen LogP contribution in [0.3, 0.4) is 0 Å². The van der Waals surface area contributed by atoms with Gasteiger partial charge < -0.3 is 25.6 Å². The van der Waals surface area contributed by atoms with Crippen molar-refractivity contribution < 1.29 is 19.1 Å². The monoisotopic (exact) mass is 398 g/mol. The maximum atomic E-state index is 12.3. The third kappa shape index (κ3) is 7.53. The molecule has 0 aromatic heterocycles. The summed E-state index contributed by atoms with van der Waals surface area (Å²) in [5, 5.41) is 7.93. The van der Waals surface area contributed by atoms with Crippen LogP contribution in [0.1, 0.15) is 12.5 Å². The normalized spacial score (nSPS) is 10.0. The summed E-state index contributed by atoms with van der Waals surface area (Å²) in [6, 6.07) is 15.9. The van der Waals surface area contributed by atoms with Crippen molar-refractivity contribution in [2.45, 2.75) is 13.5 Å². The number of nitrogens with one attached hydrogen (secondary N) is 3. The summed E-state index contributed by atoms with van der Waals surface area (Å²) < 4.78 is 5.07. The first kappa shape index (κ1) is 21.7. The number of amides is 4. The van der Waals surface area contributed by atoms with Crippen molar-refractivity contribution in [3.05, 3.63) is 60.2 Å². The van der Waals surface area contributed by atoms with E-state index in [2.05, 4.69) is 16.0 Å². The third-order valence-corrected chi connectivity index (χ3v) is 4.14. The summed E-state index contributed by atoms with van der Waals surface area (Å²) in [4.78, 5) is 37.7. The zero-order valence-corrected chi connectivity index (χ0v) is 16.6. The van der Waals surface area contributed by atoms with E-state index >= 15 is 0 Å². The van der Waals surface area contributed by atoms with Crippen LogP contribution in [0.5, 0.6) is 5.75 Å². The minimum absolute atomic E-state index is 0.103. The zero-order valence-electron chi connectivity index (χ0n) is 16.6. The lowest BCUT2D eigenvalue weighted by molar-refractivity contribution is -0.133. The molecule has 8 heteroatoms. The van der Waals surface area contributed by atoms with Gasteiger partial charge in [0.2, 0.25) is 11.8 Å². The lowest BCUT2D eigenvalue weighted by Crippen LogP contribution is -2.45. The van der Waals surface area contributed by atoms with Gasteiger partial charge in [-0.15, -0.1) is 0 Å². The number of likely N-dealkylation sites (N-methyl/N-ethyl adjacent to an activating group) is 1. The second-order valence-corrected chi connectivity index (χ2v) is 6.21. The number of urea groups is 1. The smallest absolute Gasteiger partial charge is 0.315 e. The molecule has 8 nitrogen and oxygen atoms in total. The van der Waals surface area contributed by atoms with Crippen molar-refractivity contribution in [1.82, 2.24) is 15.5 Å². The van der Waals surface area contributed by atoms with Crippen molar-refractivity contribution in [2.75, 3.05) is 32.1 Å². The molecule has 0 aliphatic heterocycles. The Kier molecular flexibility index (Phi) is 8.50. The molecule has 0 saturated heterocycles. The number of nitrogens with zero attached hydrogens (tertiary/aromatic N) is 1. The van der Waals surface area contributed by atoms with Gasteiger partial charge in [-0.2, -0.15) is 0 Å². The molecule has 0 fully saturated rings. The van der Waals surface area contributed by atoms with Crippen molar-refractivity contribution in [3.8, 4) is 5.75 Å². The number of benzene rings is 2. The first-order chi connectivity index (χ1) is 14.0. The topological polar surface area (TPSA) is 99.8 Å². The molecule has 2 rings (SSSR count). The minimum Gasteiger partial charge on any atom is -0.497 e. The molecule has 2 aromatic rings. The van der Waals surface area contributed by atoms with Crippen molar-refractivity contribution in [1.29, 1.82) is 0 Å². The fourth-order valence-electron chi connectivity index (χ4n) is 2.53. The Hall–Kier alpha value is -3.55. The Labute approximate surface area is 170 Å². The molecule has 0 saturated carbocycles. The molecule has 154 valence electrons. The Morgan fingerprint density at radius 3 is 2.28 bits per heavy atom. The van der Waals surface area contributed by atoms with Gasteiger partial charge in [0.05, 0.1) is 20.2 Å². The first-order valence-corrected chi connectivity index (χ1v) is 9.29. The van der Waals surface area contributed by atoms with Crippen LogP contribution in [0, 0.1) is 0 Å². The second-order valence-electron chi connectivity index (χ2n) is 6.21. The molecular formula is C21H26N4O4. The highest BCUT2D eigenvalue weighted by Gasteiger charge is 2.16. The maximum absolute atomic E-state index is 12.3. The Balaban J connectivity index is 1.75. The van der Waals surface area contributed by atoms with Crippen molar-refractivity contribution in [2.24, 2.45) is 0 Å². The number of anilines is 1. The Morgan fingerprint density at radius 1 is 0.966 bits per heavy atom. The van der Waals surface area contributed by atoms with E-state index in [1.807, 2.05) is 30.3 Å². The quantitative estimate of drug-likeness (QED) is 0.601. The van der Waals surface area contributed by atoms with Crippen LogP contribution in [0.25, 0.3) is 0 Å². The molecule has 0 aliphatic rings. The average molecular weight is 398 g/mol. The molecule has 3 N–H and O–H groups in total. The molecule has 2 aromatic carbocycles. The molecule has 0 aliphatic carbocycles. The van der Waals surface area contributed by atoms with Crippen molar-refractivity contribution in [3.63, 3.8) is 0 Å². The molecule has 0 spiro atoms. The summed E-state index contributed by atoms with van der Waals surface area (Å²) in [6.45, 7) is 2.19. The first-order valence-electron chi connectivity index (χ1n) is 9.29. The van der Waals surface area contributed by atoms with E-state index in [9.17, 15) is 14.4 Å². The summed E-state index contributed by atoms with van der Waals surface area (Å²) in [5.41, 5.74) is 1.57. The highest BCUT2D eigenvalue weighted by molar-refractivity contribution is 5.95. The lowest BCUT2D eigenvalue weighted by atomic mass is 10.2. The third-order valence-electron chi connectivity index (χ3n) is 4.14. The van der Waals surface area contributed by atoms with Gasteiger partial charge >= 0.3 is 6.03 Å². The van der Waals surface area contributed by atoms with Gasteiger partial charge in [-0.1, -0.05) is 30.3 Å². The van der Waals surface area contributed by atoms with Gasteiger partial charge in [0.1, 0.15) is 5.75 Å². The molecule has 0 heterocycles. The van der Waals surface area contributed by atoms with Crippen LogP contribution in [0.4, 0.5) is 10.5 Å². The second kappa shape index (κ2) is 11.3. The van der Waals surface area contributed by atoms with Gasteiger partial charge in [-0.3, -0.25) is 9.59 Å². The number of carbonyl (C=O) groups excluding carboxylic acids is 3. The van der Waals surface area contributed by atoms with E-state index in [0.29, 0.717) is 24.5 Å². The van der Waals surface area contributed by atoms with Gasteiger partial charge in [0.15, 0.2) is 0 Å². The molecule has 0 bridgehead atoms. The molecule has 0 unspecified atom stereocenters. The lowest BCUT2D eigenvalue weighted by Gasteiger charge is -2.20. The van der Waals surface area contributed by atoms with E-state index in [1.54, 1.807) is 38.3 Å². The Bertz CT molecular complexity index is 809. The zero-order chi connectivity index (χ0) is 21.1. The van der Waals surface area contributed by atoms with Crippen LogP contribution in [-0.2, 0) is 16.1 Å². The van der Waals surface area contributed by atoms with Crippen molar-refractivity contribution >= 4 is 23.5 Å². The van der Waals surface area contributed by atoms with E-state index in [4.69, 9.17) is 4.74 Å². The predicted molar refractivity (Wildman–Crippen MR) is 111 cm³/mol. The summed E-state index contributed by atoms with van der Waals surface area (Å²) in [6.07, 6.45) is 0. The molecule has 0 radical (unpaired) electrons. The van der Waals surface area contributed by atoms with E-state index in [-0.39, 0.29) is 24.9 Å². The highest BCUT2D eigenvalue weighted by atomic mass is 16.5. The van der Waals surface area contributed by atoms with Crippen LogP contribution in [0.15, 0.2) is 54.6 Å². The number of ether oxygens (including phenoxy) is 1. The van der Waals surface area contributed by atoms with Crippen LogP contribution in [0.2, 0.25) is 0 Å². The van der Waals surface area contributed by atoms with Gasteiger partial charge in [-0.25, -0.2) is 4.79 Å². The average Bonchev–Trinajstić information content (AvgIpc) is 2.75. The standard InChI is InChI=1S/C21H26N4O4/c1-3-25(15-19(26)24-17-9-11-18(29-2)12-10-17)20(27)14-23-21(28)22-13-16-7-5-4-6-8-16/h4-12H,3,13-15H2,1-2H3,(H,24,26)(H2,22,23,28). The largest absolute Gasteiger partial charge is 0.497 e.